The Kier molecular flexibility index (Phi) is 3.65. The summed E-state index contributed by atoms with van der Waals surface area (Å²) in [5.41, 5.74) is 8.02. The number of halogens is 1. The van der Waals surface area contributed by atoms with Crippen molar-refractivity contribution in [2.75, 3.05) is 5.73 Å². The number of nitrogens with zero attached hydrogens (tertiary/aromatic N) is 2. The van der Waals surface area contributed by atoms with E-state index in [1.165, 1.54) is 38.5 Å². The van der Waals surface area contributed by atoms with Crippen LogP contribution in [0.4, 0.5) is 5.95 Å². The van der Waals surface area contributed by atoms with Crippen molar-refractivity contribution < 1.29 is 0 Å². The van der Waals surface area contributed by atoms with Crippen LogP contribution in [0.5, 0.6) is 0 Å². The highest BCUT2D eigenvalue weighted by molar-refractivity contribution is 6.31. The molecule has 0 spiro atoms. The summed E-state index contributed by atoms with van der Waals surface area (Å²) < 4.78 is 2.11. The van der Waals surface area contributed by atoms with Gasteiger partial charge in [-0.3, -0.25) is 0 Å². The molecule has 3 rings (SSSR count). The molecule has 0 aliphatic heterocycles. The van der Waals surface area contributed by atoms with Crippen LogP contribution in [0.1, 0.15) is 38.5 Å². The zero-order valence-electron chi connectivity index (χ0n) is 11.1. The van der Waals surface area contributed by atoms with Crippen LogP contribution in [0.15, 0.2) is 18.2 Å². The van der Waals surface area contributed by atoms with Crippen molar-refractivity contribution in [2.45, 2.75) is 45.1 Å². The zero-order valence-corrected chi connectivity index (χ0v) is 11.9. The van der Waals surface area contributed by atoms with E-state index in [4.69, 9.17) is 17.3 Å². The number of imidazole rings is 1. The van der Waals surface area contributed by atoms with Gasteiger partial charge in [0, 0.05) is 11.6 Å². The van der Waals surface area contributed by atoms with Crippen LogP contribution in [0.2, 0.25) is 5.02 Å². The smallest absolute Gasteiger partial charge is 0.201 e. The van der Waals surface area contributed by atoms with Crippen molar-refractivity contribution >= 4 is 28.6 Å². The zero-order chi connectivity index (χ0) is 13.2. The number of rotatable bonds is 3. The number of nitrogen functional groups attached to an aromatic ring is 1. The second-order valence-electron chi connectivity index (χ2n) is 5.55. The van der Waals surface area contributed by atoms with Gasteiger partial charge in [0.1, 0.15) is 0 Å². The Morgan fingerprint density at radius 3 is 2.84 bits per heavy atom. The quantitative estimate of drug-likeness (QED) is 0.912. The molecule has 1 saturated carbocycles. The lowest BCUT2D eigenvalue weighted by Crippen LogP contribution is -2.11. The van der Waals surface area contributed by atoms with Crippen molar-refractivity contribution in [2.24, 2.45) is 5.92 Å². The van der Waals surface area contributed by atoms with E-state index in [1.807, 2.05) is 18.2 Å². The monoisotopic (exact) mass is 277 g/mol. The fraction of sp³-hybridized carbons (Fsp3) is 0.533. The Hall–Kier alpha value is -1.22. The summed E-state index contributed by atoms with van der Waals surface area (Å²) in [6.45, 7) is 0.952. The molecule has 2 aromatic rings. The lowest BCUT2D eigenvalue weighted by Gasteiger charge is -2.21. The predicted octanol–water partition coefficient (Wildman–Crippen LogP) is 4.24. The third-order valence-corrected chi connectivity index (χ3v) is 4.46. The van der Waals surface area contributed by atoms with Crippen LogP contribution < -0.4 is 5.73 Å². The molecule has 1 aromatic heterocycles. The van der Waals surface area contributed by atoms with E-state index < -0.39 is 0 Å². The minimum Gasteiger partial charge on any atom is -0.369 e. The second kappa shape index (κ2) is 5.41. The summed E-state index contributed by atoms with van der Waals surface area (Å²) in [5, 5.41) is 0.742. The minimum atomic E-state index is 0.605. The first-order valence-electron chi connectivity index (χ1n) is 7.15. The number of hydrogen-bond donors (Lipinski definition) is 1. The van der Waals surface area contributed by atoms with E-state index in [1.54, 1.807) is 0 Å². The number of anilines is 1. The van der Waals surface area contributed by atoms with Gasteiger partial charge in [-0.05, 0) is 30.5 Å². The topological polar surface area (TPSA) is 43.8 Å². The summed E-state index contributed by atoms with van der Waals surface area (Å²) in [5.74, 6) is 1.46. The highest BCUT2D eigenvalue weighted by atomic mass is 35.5. The highest BCUT2D eigenvalue weighted by Gasteiger charge is 2.15. The summed E-state index contributed by atoms with van der Waals surface area (Å²) in [6.07, 6.45) is 8.11. The molecular weight excluding hydrogens is 258 g/mol. The number of benzene rings is 1. The normalized spacial score (nSPS) is 17.1. The third kappa shape index (κ3) is 2.71. The Balaban J connectivity index is 1.79. The molecule has 0 bridgehead atoms. The molecule has 0 unspecified atom stereocenters. The number of aryl methyl sites for hydroxylation is 1. The van der Waals surface area contributed by atoms with Gasteiger partial charge in [0.2, 0.25) is 5.95 Å². The van der Waals surface area contributed by atoms with E-state index in [0.29, 0.717) is 5.95 Å². The number of hydrogen-bond acceptors (Lipinski definition) is 2. The molecule has 19 heavy (non-hydrogen) atoms. The molecule has 2 N–H and O–H groups in total. The van der Waals surface area contributed by atoms with Gasteiger partial charge in [-0.15, -0.1) is 0 Å². The van der Waals surface area contributed by atoms with Crippen molar-refractivity contribution in [1.82, 2.24) is 9.55 Å². The van der Waals surface area contributed by atoms with Crippen LogP contribution in [-0.2, 0) is 6.54 Å². The van der Waals surface area contributed by atoms with Crippen molar-refractivity contribution in [3.63, 3.8) is 0 Å². The molecule has 1 heterocycles. The molecule has 1 aromatic carbocycles. The van der Waals surface area contributed by atoms with Crippen molar-refractivity contribution in [3.8, 4) is 0 Å². The average molecular weight is 278 g/mol. The summed E-state index contributed by atoms with van der Waals surface area (Å²) in [4.78, 5) is 4.40. The standard InChI is InChI=1S/C15H20ClN3/c16-12-6-7-13-14(10-12)19(15(17)18-13)9-8-11-4-2-1-3-5-11/h6-7,10-11H,1-5,8-9H2,(H2,17,18). The number of fused-ring (bicyclic) bond motifs is 1. The van der Waals surface area contributed by atoms with Gasteiger partial charge in [-0.1, -0.05) is 43.7 Å². The van der Waals surface area contributed by atoms with Gasteiger partial charge >= 0.3 is 0 Å². The van der Waals surface area contributed by atoms with Crippen LogP contribution in [0.25, 0.3) is 11.0 Å². The van der Waals surface area contributed by atoms with Crippen molar-refractivity contribution in [1.29, 1.82) is 0 Å². The molecule has 0 amide bonds. The Bertz CT molecular complexity index is 570. The molecule has 1 fully saturated rings. The Labute approximate surface area is 118 Å². The molecule has 1 aliphatic carbocycles. The van der Waals surface area contributed by atoms with E-state index >= 15 is 0 Å². The largest absolute Gasteiger partial charge is 0.369 e. The molecule has 3 nitrogen and oxygen atoms in total. The highest BCUT2D eigenvalue weighted by Crippen LogP contribution is 2.28. The fourth-order valence-electron chi connectivity index (χ4n) is 3.14. The fourth-order valence-corrected chi connectivity index (χ4v) is 3.30. The van der Waals surface area contributed by atoms with E-state index in [-0.39, 0.29) is 0 Å². The van der Waals surface area contributed by atoms with E-state index in [2.05, 4.69) is 9.55 Å². The van der Waals surface area contributed by atoms with Crippen LogP contribution >= 0.6 is 11.6 Å². The summed E-state index contributed by atoms with van der Waals surface area (Å²) in [6, 6.07) is 5.76. The van der Waals surface area contributed by atoms with E-state index in [9.17, 15) is 0 Å². The second-order valence-corrected chi connectivity index (χ2v) is 5.98. The van der Waals surface area contributed by atoms with Gasteiger partial charge < -0.3 is 10.3 Å². The van der Waals surface area contributed by atoms with E-state index in [0.717, 1.165) is 28.5 Å². The number of nitrogens with two attached hydrogens (primary N) is 1. The van der Waals surface area contributed by atoms with Crippen LogP contribution in [0.3, 0.4) is 0 Å². The van der Waals surface area contributed by atoms with Gasteiger partial charge in [0.25, 0.3) is 0 Å². The van der Waals surface area contributed by atoms with Crippen LogP contribution in [-0.4, -0.2) is 9.55 Å². The first-order chi connectivity index (χ1) is 9.24. The van der Waals surface area contributed by atoms with Gasteiger partial charge in [0.05, 0.1) is 11.0 Å². The lowest BCUT2D eigenvalue weighted by molar-refractivity contribution is 0.326. The average Bonchev–Trinajstić information content (AvgIpc) is 2.73. The summed E-state index contributed by atoms with van der Waals surface area (Å²) >= 11 is 6.07. The SMILES string of the molecule is Nc1nc2ccc(Cl)cc2n1CCC1CCCCC1. The van der Waals surface area contributed by atoms with Gasteiger partial charge in [-0.25, -0.2) is 4.98 Å². The van der Waals surface area contributed by atoms with Crippen LogP contribution in [0, 0.1) is 5.92 Å². The van der Waals surface area contributed by atoms with Gasteiger partial charge in [-0.2, -0.15) is 0 Å². The maximum absolute atomic E-state index is 6.07. The van der Waals surface area contributed by atoms with Crippen molar-refractivity contribution in [3.05, 3.63) is 23.2 Å². The predicted molar refractivity (Wildman–Crippen MR) is 80.3 cm³/mol. The molecule has 1 aliphatic rings. The molecule has 0 atom stereocenters. The molecule has 102 valence electrons. The Morgan fingerprint density at radius 1 is 1.26 bits per heavy atom. The first-order valence-corrected chi connectivity index (χ1v) is 7.53. The maximum atomic E-state index is 6.07. The van der Waals surface area contributed by atoms with Gasteiger partial charge in [0.15, 0.2) is 0 Å². The first kappa shape index (κ1) is 12.8. The summed E-state index contributed by atoms with van der Waals surface area (Å²) in [7, 11) is 0. The molecule has 0 radical (unpaired) electrons. The minimum absolute atomic E-state index is 0.605. The maximum Gasteiger partial charge on any atom is 0.201 e. The molecular formula is C15H20ClN3. The third-order valence-electron chi connectivity index (χ3n) is 4.23. The Morgan fingerprint density at radius 2 is 2.05 bits per heavy atom. The number of aromatic nitrogens is 2. The lowest BCUT2D eigenvalue weighted by atomic mass is 9.87. The molecule has 4 heteroatoms. The molecule has 0 saturated heterocycles.